The highest BCUT2D eigenvalue weighted by atomic mass is 16.6. The lowest BCUT2D eigenvalue weighted by Gasteiger charge is -2.01. The number of pyridine rings is 1. The molecule has 4 heteroatoms. The first kappa shape index (κ1) is 9.73. The molecule has 2 aromatic rings. The van der Waals surface area contributed by atoms with Gasteiger partial charge in [0.15, 0.2) is 0 Å². The van der Waals surface area contributed by atoms with Gasteiger partial charge < -0.3 is 14.9 Å². The van der Waals surface area contributed by atoms with Crippen molar-refractivity contribution >= 4 is 0 Å². The van der Waals surface area contributed by atoms with Crippen molar-refractivity contribution in [2.45, 2.75) is 13.5 Å². The second-order valence-corrected chi connectivity index (χ2v) is 3.16. The molecule has 0 fully saturated rings. The fraction of sp³-hybridized carbons (Fsp3) is 0.182. The van der Waals surface area contributed by atoms with E-state index in [0.717, 1.165) is 5.69 Å². The Morgan fingerprint density at radius 1 is 1.33 bits per heavy atom. The van der Waals surface area contributed by atoms with Crippen LogP contribution in [0.4, 0.5) is 0 Å². The maximum Gasteiger partial charge on any atom is 0.290 e. The first-order valence-electron chi connectivity index (χ1n) is 4.67. The third-order valence-electron chi connectivity index (χ3n) is 1.94. The van der Waals surface area contributed by atoms with Gasteiger partial charge in [0.05, 0.1) is 12.7 Å². The molecule has 0 saturated carbocycles. The number of rotatable bonds is 3. The molecule has 15 heavy (non-hydrogen) atoms. The Hall–Kier alpha value is -1.81. The zero-order valence-corrected chi connectivity index (χ0v) is 8.43. The van der Waals surface area contributed by atoms with Gasteiger partial charge in [-0.3, -0.25) is 4.98 Å². The molecule has 0 atom stereocenters. The minimum atomic E-state index is 0.371. The summed E-state index contributed by atoms with van der Waals surface area (Å²) < 4.78 is 10.7. The molecular formula is C11H12N2O2. The molecule has 2 aromatic heterocycles. The normalized spacial score (nSPS) is 10.3. The largest absolute Gasteiger partial charge is 0.429 e. The van der Waals surface area contributed by atoms with Crippen LogP contribution in [0.25, 0.3) is 0 Å². The van der Waals surface area contributed by atoms with E-state index in [-0.39, 0.29) is 0 Å². The minimum absolute atomic E-state index is 0.371. The fourth-order valence-electron chi connectivity index (χ4n) is 1.15. The molecule has 0 amide bonds. The van der Waals surface area contributed by atoms with Crippen LogP contribution in [0.5, 0.6) is 11.7 Å². The first-order chi connectivity index (χ1) is 7.28. The van der Waals surface area contributed by atoms with Crippen molar-refractivity contribution in [2.75, 3.05) is 0 Å². The average Bonchev–Trinajstić information content (AvgIpc) is 2.69. The van der Waals surface area contributed by atoms with E-state index in [1.165, 1.54) is 0 Å². The van der Waals surface area contributed by atoms with E-state index in [1.807, 2.05) is 19.1 Å². The van der Waals surface area contributed by atoms with Gasteiger partial charge in [-0.25, -0.2) is 0 Å². The lowest BCUT2D eigenvalue weighted by atomic mass is 10.4. The second-order valence-electron chi connectivity index (χ2n) is 3.16. The van der Waals surface area contributed by atoms with Gasteiger partial charge in [0.1, 0.15) is 11.5 Å². The van der Waals surface area contributed by atoms with Crippen molar-refractivity contribution in [1.29, 1.82) is 0 Å². The highest BCUT2D eigenvalue weighted by Crippen LogP contribution is 2.22. The number of ether oxygens (including phenoxy) is 1. The third-order valence-corrected chi connectivity index (χ3v) is 1.94. The average molecular weight is 204 g/mol. The van der Waals surface area contributed by atoms with E-state index in [0.29, 0.717) is 24.0 Å². The standard InChI is InChI=1S/C11H12N2O2/c1-8-2-3-10(7-13-8)15-11-5-4-9(6-12)14-11/h2-5,7H,6,12H2,1H3. The molecule has 0 radical (unpaired) electrons. The number of aryl methyl sites for hydroxylation is 1. The zero-order chi connectivity index (χ0) is 10.7. The third kappa shape index (κ3) is 2.35. The van der Waals surface area contributed by atoms with Gasteiger partial charge in [-0.05, 0) is 25.1 Å². The molecule has 0 saturated heterocycles. The number of furan rings is 1. The SMILES string of the molecule is Cc1ccc(Oc2ccc(CN)o2)cn1. The van der Waals surface area contributed by atoms with E-state index >= 15 is 0 Å². The van der Waals surface area contributed by atoms with Gasteiger partial charge in [0.25, 0.3) is 5.95 Å². The molecule has 0 aliphatic heterocycles. The highest BCUT2D eigenvalue weighted by Gasteiger charge is 2.02. The number of aromatic nitrogens is 1. The molecule has 4 nitrogen and oxygen atoms in total. The number of hydrogen-bond acceptors (Lipinski definition) is 4. The molecule has 2 rings (SSSR count). The molecule has 2 N–H and O–H groups in total. The van der Waals surface area contributed by atoms with Gasteiger partial charge in [0, 0.05) is 11.8 Å². The lowest BCUT2D eigenvalue weighted by Crippen LogP contribution is -1.92. The summed E-state index contributed by atoms with van der Waals surface area (Å²) in [6.07, 6.45) is 1.65. The predicted molar refractivity (Wildman–Crippen MR) is 55.6 cm³/mol. The van der Waals surface area contributed by atoms with Crippen LogP contribution in [0.15, 0.2) is 34.9 Å². The summed E-state index contributed by atoms with van der Waals surface area (Å²) in [4.78, 5) is 4.11. The van der Waals surface area contributed by atoms with Crippen LogP contribution >= 0.6 is 0 Å². The van der Waals surface area contributed by atoms with E-state index in [2.05, 4.69) is 4.98 Å². The Morgan fingerprint density at radius 2 is 2.20 bits per heavy atom. The summed E-state index contributed by atoms with van der Waals surface area (Å²) in [7, 11) is 0. The van der Waals surface area contributed by atoms with Crippen LogP contribution in [0.3, 0.4) is 0 Å². The molecular weight excluding hydrogens is 192 g/mol. The fourth-order valence-corrected chi connectivity index (χ4v) is 1.15. The Morgan fingerprint density at radius 3 is 2.80 bits per heavy atom. The van der Waals surface area contributed by atoms with Crippen molar-refractivity contribution in [3.05, 3.63) is 41.9 Å². The molecule has 78 valence electrons. The van der Waals surface area contributed by atoms with Crippen molar-refractivity contribution in [2.24, 2.45) is 5.73 Å². The van der Waals surface area contributed by atoms with Crippen molar-refractivity contribution in [3.8, 4) is 11.7 Å². The Labute approximate surface area is 87.7 Å². The quantitative estimate of drug-likeness (QED) is 0.832. The summed E-state index contributed by atoms with van der Waals surface area (Å²) >= 11 is 0. The van der Waals surface area contributed by atoms with Crippen molar-refractivity contribution in [1.82, 2.24) is 4.98 Å². The summed E-state index contributed by atoms with van der Waals surface area (Å²) in [5.41, 5.74) is 6.36. The minimum Gasteiger partial charge on any atom is -0.429 e. The van der Waals surface area contributed by atoms with Crippen LogP contribution in [0.2, 0.25) is 0 Å². The van der Waals surface area contributed by atoms with Crippen LogP contribution < -0.4 is 10.5 Å². The van der Waals surface area contributed by atoms with Crippen molar-refractivity contribution < 1.29 is 9.15 Å². The first-order valence-corrected chi connectivity index (χ1v) is 4.67. The Bertz CT molecular complexity index is 434. The Balaban J connectivity index is 2.11. The zero-order valence-electron chi connectivity index (χ0n) is 8.43. The molecule has 0 aliphatic rings. The summed E-state index contributed by atoms with van der Waals surface area (Å²) in [6.45, 7) is 2.29. The van der Waals surface area contributed by atoms with E-state index in [4.69, 9.17) is 14.9 Å². The van der Waals surface area contributed by atoms with E-state index in [9.17, 15) is 0 Å². The number of nitrogens with two attached hydrogens (primary N) is 1. The van der Waals surface area contributed by atoms with Gasteiger partial charge >= 0.3 is 0 Å². The van der Waals surface area contributed by atoms with Crippen molar-refractivity contribution in [3.63, 3.8) is 0 Å². The smallest absolute Gasteiger partial charge is 0.290 e. The summed E-state index contributed by atoms with van der Waals surface area (Å²) in [6, 6.07) is 7.24. The molecule has 0 unspecified atom stereocenters. The maximum absolute atomic E-state index is 5.43. The number of hydrogen-bond donors (Lipinski definition) is 1. The van der Waals surface area contributed by atoms with Gasteiger partial charge in [-0.2, -0.15) is 0 Å². The van der Waals surface area contributed by atoms with Crippen LogP contribution in [0, 0.1) is 6.92 Å². The maximum atomic E-state index is 5.43. The van der Waals surface area contributed by atoms with E-state index in [1.54, 1.807) is 18.3 Å². The van der Waals surface area contributed by atoms with Gasteiger partial charge in [-0.15, -0.1) is 0 Å². The molecule has 0 spiro atoms. The monoisotopic (exact) mass is 204 g/mol. The second kappa shape index (κ2) is 4.14. The van der Waals surface area contributed by atoms with Gasteiger partial charge in [-0.1, -0.05) is 0 Å². The molecule has 0 bridgehead atoms. The lowest BCUT2D eigenvalue weighted by molar-refractivity contribution is 0.332. The van der Waals surface area contributed by atoms with Crippen LogP contribution in [-0.2, 0) is 6.54 Å². The van der Waals surface area contributed by atoms with Crippen LogP contribution in [-0.4, -0.2) is 4.98 Å². The number of nitrogens with zero attached hydrogens (tertiary/aromatic N) is 1. The summed E-state index contributed by atoms with van der Waals surface area (Å²) in [5.74, 6) is 1.78. The van der Waals surface area contributed by atoms with E-state index < -0.39 is 0 Å². The molecule has 2 heterocycles. The highest BCUT2D eigenvalue weighted by molar-refractivity contribution is 5.24. The summed E-state index contributed by atoms with van der Waals surface area (Å²) in [5, 5.41) is 0. The van der Waals surface area contributed by atoms with Gasteiger partial charge in [0.2, 0.25) is 0 Å². The Kier molecular flexibility index (Phi) is 2.69. The molecule has 0 aliphatic carbocycles. The molecule has 0 aromatic carbocycles. The van der Waals surface area contributed by atoms with Crippen LogP contribution in [0.1, 0.15) is 11.5 Å². The topological polar surface area (TPSA) is 61.3 Å². The predicted octanol–water partition coefficient (Wildman–Crippen LogP) is 2.23.